The molecule has 24 heavy (non-hydrogen) atoms. The number of benzene rings is 1. The highest BCUT2D eigenvalue weighted by molar-refractivity contribution is 7.18. The van der Waals surface area contributed by atoms with Crippen molar-refractivity contribution in [3.63, 3.8) is 0 Å². The fourth-order valence-corrected chi connectivity index (χ4v) is 5.00. The third-order valence-corrected chi connectivity index (χ3v) is 6.33. The minimum Gasteiger partial charge on any atom is -0.373 e. The van der Waals surface area contributed by atoms with Crippen LogP contribution in [0.1, 0.15) is 38.5 Å². The van der Waals surface area contributed by atoms with Crippen LogP contribution < -0.4 is 0 Å². The van der Waals surface area contributed by atoms with E-state index in [1.165, 1.54) is 0 Å². The summed E-state index contributed by atoms with van der Waals surface area (Å²) >= 11 is 3.19. The molecule has 1 atom stereocenters. The molecule has 0 radical (unpaired) electrons. The van der Waals surface area contributed by atoms with Gasteiger partial charge >= 0.3 is 0 Å². The molecular formula is C18H18N2O2S2. The van der Waals surface area contributed by atoms with E-state index in [1.54, 1.807) is 27.6 Å². The molecule has 1 aliphatic rings. The second-order valence-corrected chi connectivity index (χ2v) is 8.17. The zero-order chi connectivity index (χ0) is 16.5. The van der Waals surface area contributed by atoms with Crippen LogP contribution in [0.2, 0.25) is 0 Å². The molecule has 0 saturated carbocycles. The number of carbonyl (C=O) groups is 1. The van der Waals surface area contributed by atoms with Gasteiger partial charge in [-0.1, -0.05) is 12.1 Å². The van der Waals surface area contributed by atoms with E-state index in [0.717, 1.165) is 44.4 Å². The van der Waals surface area contributed by atoms with Crippen LogP contribution in [0.25, 0.3) is 10.2 Å². The maximum Gasteiger partial charge on any atom is 0.264 e. The summed E-state index contributed by atoms with van der Waals surface area (Å²) in [4.78, 5) is 20.9. The van der Waals surface area contributed by atoms with Crippen LogP contribution in [0, 0.1) is 0 Å². The summed E-state index contributed by atoms with van der Waals surface area (Å²) in [5, 5.41) is 0.961. The van der Waals surface area contributed by atoms with Crippen molar-refractivity contribution in [2.75, 3.05) is 13.7 Å². The van der Waals surface area contributed by atoms with Crippen molar-refractivity contribution in [3.8, 4) is 0 Å². The Kier molecular flexibility index (Phi) is 4.35. The Balaban J connectivity index is 1.47. The summed E-state index contributed by atoms with van der Waals surface area (Å²) in [6.45, 7) is 1.36. The van der Waals surface area contributed by atoms with E-state index < -0.39 is 0 Å². The number of thiophene rings is 1. The first-order valence-corrected chi connectivity index (χ1v) is 9.65. The maximum atomic E-state index is 12.7. The molecule has 1 amide bonds. The number of para-hydroxylation sites is 1. The Morgan fingerprint density at radius 2 is 2.17 bits per heavy atom. The Morgan fingerprint density at radius 3 is 2.96 bits per heavy atom. The van der Waals surface area contributed by atoms with Crippen LogP contribution in [0.15, 0.2) is 36.4 Å². The van der Waals surface area contributed by atoms with Crippen LogP contribution >= 0.6 is 22.7 Å². The largest absolute Gasteiger partial charge is 0.373 e. The monoisotopic (exact) mass is 358 g/mol. The summed E-state index contributed by atoms with van der Waals surface area (Å²) in [6, 6.07) is 12.0. The van der Waals surface area contributed by atoms with Gasteiger partial charge in [0.1, 0.15) is 5.01 Å². The van der Waals surface area contributed by atoms with Crippen molar-refractivity contribution < 1.29 is 9.53 Å². The fraction of sp³-hybridized carbons (Fsp3) is 0.333. The molecule has 0 aliphatic carbocycles. The number of hydrogen-bond donors (Lipinski definition) is 0. The fourth-order valence-electron chi connectivity index (χ4n) is 2.89. The molecular weight excluding hydrogens is 340 g/mol. The van der Waals surface area contributed by atoms with Gasteiger partial charge in [0.25, 0.3) is 5.91 Å². The Labute approximate surface area is 148 Å². The number of ether oxygens (including phenoxy) is 1. The normalized spacial score (nSPS) is 17.5. The Bertz CT molecular complexity index is 832. The molecule has 4 nitrogen and oxygen atoms in total. The van der Waals surface area contributed by atoms with Gasteiger partial charge in [-0.25, -0.2) is 4.98 Å². The van der Waals surface area contributed by atoms with Gasteiger partial charge in [-0.05, 0) is 37.1 Å². The summed E-state index contributed by atoms with van der Waals surface area (Å²) in [6.07, 6.45) is 2.32. The molecule has 1 aromatic carbocycles. The molecule has 0 spiro atoms. The molecule has 1 saturated heterocycles. The lowest BCUT2D eigenvalue weighted by Gasteiger charge is -2.14. The van der Waals surface area contributed by atoms with E-state index in [4.69, 9.17) is 4.74 Å². The minimum atomic E-state index is 0.0449. The van der Waals surface area contributed by atoms with Crippen molar-refractivity contribution in [1.29, 1.82) is 0 Å². The first kappa shape index (κ1) is 15.7. The van der Waals surface area contributed by atoms with Crippen LogP contribution in [0.3, 0.4) is 0 Å². The highest BCUT2D eigenvalue weighted by Gasteiger charge is 2.22. The third-order valence-electron chi connectivity index (χ3n) is 4.14. The van der Waals surface area contributed by atoms with Gasteiger partial charge in [0, 0.05) is 18.5 Å². The second kappa shape index (κ2) is 6.63. The molecule has 4 rings (SSSR count). The Hall–Kier alpha value is -1.76. The van der Waals surface area contributed by atoms with Crippen LogP contribution in [-0.2, 0) is 11.3 Å². The van der Waals surface area contributed by atoms with Gasteiger partial charge in [-0.3, -0.25) is 4.79 Å². The molecule has 1 aliphatic heterocycles. The lowest BCUT2D eigenvalue weighted by atomic mass is 10.2. The summed E-state index contributed by atoms with van der Waals surface area (Å²) in [5.74, 6) is 0.0449. The summed E-state index contributed by atoms with van der Waals surface area (Å²) < 4.78 is 6.86. The average molecular weight is 358 g/mol. The zero-order valence-corrected chi connectivity index (χ0v) is 15.0. The predicted molar refractivity (Wildman–Crippen MR) is 97.7 cm³/mol. The SMILES string of the molecule is CN(Cc1nc2ccccc2s1)C(=O)c1ccc(C2CCCO2)s1. The number of fused-ring (bicyclic) bond motifs is 1. The molecule has 3 heterocycles. The summed E-state index contributed by atoms with van der Waals surface area (Å²) in [5.41, 5.74) is 0.996. The van der Waals surface area contributed by atoms with Crippen LogP contribution in [-0.4, -0.2) is 29.4 Å². The number of thiazole rings is 1. The standard InChI is InChI=1S/C18H18N2O2S2/c1-20(11-17-19-12-5-2-3-7-14(12)24-17)18(21)16-9-8-15(23-16)13-6-4-10-22-13/h2-3,5,7-9,13H,4,6,10-11H2,1H3. The smallest absolute Gasteiger partial charge is 0.264 e. The minimum absolute atomic E-state index is 0.0449. The first-order chi connectivity index (χ1) is 11.7. The summed E-state index contributed by atoms with van der Waals surface area (Å²) in [7, 11) is 1.83. The lowest BCUT2D eigenvalue weighted by molar-refractivity contribution is 0.0790. The van der Waals surface area contributed by atoms with Gasteiger partial charge in [-0.2, -0.15) is 0 Å². The van der Waals surface area contributed by atoms with Crippen molar-refractivity contribution in [3.05, 3.63) is 51.2 Å². The van der Waals surface area contributed by atoms with E-state index in [2.05, 4.69) is 11.1 Å². The first-order valence-electron chi connectivity index (χ1n) is 8.02. The van der Waals surface area contributed by atoms with E-state index in [1.807, 2.05) is 37.4 Å². The van der Waals surface area contributed by atoms with Crippen molar-refractivity contribution in [2.24, 2.45) is 0 Å². The highest BCUT2D eigenvalue weighted by atomic mass is 32.1. The van der Waals surface area contributed by atoms with Gasteiger partial charge in [0.15, 0.2) is 0 Å². The van der Waals surface area contributed by atoms with Gasteiger partial charge in [0.05, 0.1) is 27.7 Å². The predicted octanol–water partition coefficient (Wildman–Crippen LogP) is 4.48. The van der Waals surface area contributed by atoms with Gasteiger partial charge in [0.2, 0.25) is 0 Å². The second-order valence-electron chi connectivity index (χ2n) is 5.94. The Morgan fingerprint density at radius 1 is 1.29 bits per heavy atom. The highest BCUT2D eigenvalue weighted by Crippen LogP contribution is 2.33. The number of rotatable bonds is 4. The molecule has 124 valence electrons. The molecule has 0 bridgehead atoms. The van der Waals surface area contributed by atoms with E-state index in [0.29, 0.717) is 6.54 Å². The van der Waals surface area contributed by atoms with Crippen LogP contribution in [0.5, 0.6) is 0 Å². The van der Waals surface area contributed by atoms with Crippen LogP contribution in [0.4, 0.5) is 0 Å². The lowest BCUT2D eigenvalue weighted by Crippen LogP contribution is -2.25. The van der Waals surface area contributed by atoms with Crippen molar-refractivity contribution >= 4 is 38.8 Å². The van der Waals surface area contributed by atoms with Gasteiger partial charge < -0.3 is 9.64 Å². The number of hydrogen-bond acceptors (Lipinski definition) is 5. The molecule has 0 N–H and O–H groups in total. The number of carbonyl (C=O) groups excluding carboxylic acids is 1. The van der Waals surface area contributed by atoms with E-state index in [-0.39, 0.29) is 12.0 Å². The number of aromatic nitrogens is 1. The topological polar surface area (TPSA) is 42.4 Å². The zero-order valence-electron chi connectivity index (χ0n) is 13.4. The molecule has 2 aromatic heterocycles. The van der Waals surface area contributed by atoms with E-state index in [9.17, 15) is 4.79 Å². The molecule has 1 unspecified atom stereocenters. The molecule has 3 aromatic rings. The van der Waals surface area contributed by atoms with Gasteiger partial charge in [-0.15, -0.1) is 22.7 Å². The van der Waals surface area contributed by atoms with Crippen molar-refractivity contribution in [1.82, 2.24) is 9.88 Å². The average Bonchev–Trinajstić information content (AvgIpc) is 3.32. The molecule has 1 fully saturated rings. The van der Waals surface area contributed by atoms with Crippen molar-refractivity contribution in [2.45, 2.75) is 25.5 Å². The maximum absolute atomic E-state index is 12.7. The van der Waals surface area contributed by atoms with E-state index >= 15 is 0 Å². The quantitative estimate of drug-likeness (QED) is 0.690. The third kappa shape index (κ3) is 3.09. The number of nitrogens with zero attached hydrogens (tertiary/aromatic N) is 2. The molecule has 6 heteroatoms. The number of amides is 1.